The van der Waals surface area contributed by atoms with Crippen molar-refractivity contribution < 1.29 is 18.3 Å². The predicted molar refractivity (Wildman–Crippen MR) is 161 cm³/mol. The second-order valence-corrected chi connectivity index (χ2v) is 10.8. The van der Waals surface area contributed by atoms with E-state index >= 15 is 0 Å². The maximum absolute atomic E-state index is 15.0. The van der Waals surface area contributed by atoms with Crippen molar-refractivity contribution in [2.75, 3.05) is 77.1 Å². The van der Waals surface area contributed by atoms with Crippen LogP contribution in [0.1, 0.15) is 0 Å². The lowest BCUT2D eigenvalue weighted by atomic mass is 10.2. The van der Waals surface area contributed by atoms with Gasteiger partial charge in [-0.1, -0.05) is 0 Å². The van der Waals surface area contributed by atoms with Gasteiger partial charge in [-0.05, 0) is 44.4 Å². The van der Waals surface area contributed by atoms with Gasteiger partial charge in [0.15, 0.2) is 18.0 Å². The zero-order valence-electron chi connectivity index (χ0n) is 24.2. The highest BCUT2D eigenvalue weighted by atomic mass is 19.1. The summed E-state index contributed by atoms with van der Waals surface area (Å²) in [5, 5.41) is 7.31. The predicted octanol–water partition coefficient (Wildman–Crippen LogP) is 1.94. The van der Waals surface area contributed by atoms with Crippen LogP contribution in [-0.2, 0) is 11.3 Å². The Morgan fingerprint density at radius 3 is 2.74 bits per heavy atom. The second-order valence-electron chi connectivity index (χ2n) is 10.8. The number of aromatic nitrogens is 5. The summed E-state index contributed by atoms with van der Waals surface area (Å²) in [6, 6.07) is 10.3. The van der Waals surface area contributed by atoms with Crippen molar-refractivity contribution in [1.82, 2.24) is 39.3 Å². The molecule has 0 saturated carbocycles. The Morgan fingerprint density at radius 1 is 1.16 bits per heavy atom. The first-order valence-corrected chi connectivity index (χ1v) is 14.2. The smallest absolute Gasteiger partial charge is 0.257 e. The zero-order chi connectivity index (χ0) is 29.9. The van der Waals surface area contributed by atoms with Gasteiger partial charge in [-0.25, -0.2) is 9.37 Å². The van der Waals surface area contributed by atoms with E-state index in [0.29, 0.717) is 54.7 Å². The number of carbonyl (C=O) groups excluding carboxylic acids is 1. The molecule has 1 fully saturated rings. The molecule has 1 aromatic carbocycles. The quantitative estimate of drug-likeness (QED) is 0.235. The molecule has 5 heterocycles. The maximum Gasteiger partial charge on any atom is 0.257 e. The number of nitrogens with one attached hydrogen (secondary N) is 1. The molecule has 6 rings (SSSR count). The normalized spacial score (nSPS) is 14.3. The van der Waals surface area contributed by atoms with E-state index in [-0.39, 0.29) is 24.3 Å². The summed E-state index contributed by atoms with van der Waals surface area (Å²) < 4.78 is 29.5. The van der Waals surface area contributed by atoms with Gasteiger partial charge < -0.3 is 34.6 Å². The van der Waals surface area contributed by atoms with Crippen LogP contribution in [0.2, 0.25) is 0 Å². The molecule has 5 aromatic rings. The van der Waals surface area contributed by atoms with E-state index in [2.05, 4.69) is 25.3 Å². The molecule has 0 aliphatic carbocycles. The number of piperazine rings is 1. The average Bonchev–Trinajstić information content (AvgIpc) is 3.76. The van der Waals surface area contributed by atoms with E-state index in [1.54, 1.807) is 29.2 Å². The Kier molecular flexibility index (Phi) is 8.11. The first kappa shape index (κ1) is 28.4. The van der Waals surface area contributed by atoms with Gasteiger partial charge in [0.2, 0.25) is 5.95 Å². The minimum Gasteiger partial charge on any atom is -0.484 e. The number of nitrogens with two attached hydrogens (primary N) is 1. The number of amides is 1. The number of ether oxygens (including phenoxy) is 1. The molecule has 0 atom stereocenters. The summed E-state index contributed by atoms with van der Waals surface area (Å²) in [6.07, 6.45) is 3.38. The minimum absolute atomic E-state index is 0.154. The number of halogens is 1. The van der Waals surface area contributed by atoms with Crippen LogP contribution in [0.15, 0.2) is 53.4 Å². The van der Waals surface area contributed by atoms with Crippen LogP contribution < -0.4 is 20.7 Å². The maximum atomic E-state index is 15.0. The number of rotatable bonds is 11. The molecule has 0 unspecified atom stereocenters. The van der Waals surface area contributed by atoms with E-state index in [1.165, 1.54) is 6.07 Å². The van der Waals surface area contributed by atoms with Crippen LogP contribution in [0.3, 0.4) is 0 Å². The van der Waals surface area contributed by atoms with Crippen molar-refractivity contribution in [2.45, 2.75) is 6.54 Å². The van der Waals surface area contributed by atoms with Crippen LogP contribution in [0.5, 0.6) is 5.75 Å². The van der Waals surface area contributed by atoms with E-state index in [9.17, 15) is 9.18 Å². The summed E-state index contributed by atoms with van der Waals surface area (Å²) in [4.78, 5) is 27.5. The Balaban J connectivity index is 1.02. The number of carbonyl (C=O) groups is 1. The average molecular weight is 591 g/mol. The van der Waals surface area contributed by atoms with E-state index in [1.807, 2.05) is 46.7 Å². The summed E-state index contributed by atoms with van der Waals surface area (Å²) >= 11 is 0. The highest BCUT2D eigenvalue weighted by Gasteiger charge is 2.21. The minimum atomic E-state index is -0.367. The van der Waals surface area contributed by atoms with Crippen molar-refractivity contribution >= 4 is 34.2 Å². The Bertz CT molecular complexity index is 1710. The second kappa shape index (κ2) is 12.3. The molecule has 1 aliphatic rings. The highest BCUT2D eigenvalue weighted by molar-refractivity contribution is 5.90. The Morgan fingerprint density at radius 2 is 2.00 bits per heavy atom. The lowest BCUT2D eigenvalue weighted by Crippen LogP contribution is -2.47. The van der Waals surface area contributed by atoms with Crippen molar-refractivity contribution in [3.8, 4) is 17.2 Å². The highest BCUT2D eigenvalue weighted by Crippen LogP contribution is 2.27. The first-order chi connectivity index (χ1) is 20.9. The Hall–Kier alpha value is -4.69. The number of hydrogen-bond donors (Lipinski definition) is 2. The van der Waals surface area contributed by atoms with E-state index in [4.69, 9.17) is 14.9 Å². The Labute approximate surface area is 247 Å². The molecule has 1 saturated heterocycles. The van der Waals surface area contributed by atoms with Gasteiger partial charge in [0.05, 0.1) is 18.3 Å². The molecule has 3 N–H and O–H groups in total. The molecule has 0 spiro atoms. The van der Waals surface area contributed by atoms with Crippen molar-refractivity contribution in [1.29, 1.82) is 0 Å². The van der Waals surface area contributed by atoms with Crippen molar-refractivity contribution in [3.05, 3.63) is 54.8 Å². The third-order valence-electron chi connectivity index (χ3n) is 7.51. The van der Waals surface area contributed by atoms with Crippen LogP contribution >= 0.6 is 0 Å². The summed E-state index contributed by atoms with van der Waals surface area (Å²) in [5.41, 5.74) is 9.63. The lowest BCUT2D eigenvalue weighted by molar-refractivity contribution is -0.123. The monoisotopic (exact) mass is 590 g/mol. The number of nitrogens with zero attached hydrogens (tertiary/aromatic N) is 8. The fraction of sp³-hybridized carbons (Fsp3) is 0.379. The summed E-state index contributed by atoms with van der Waals surface area (Å²) in [6.45, 7) is 5.52. The van der Waals surface area contributed by atoms with Crippen LogP contribution in [0.25, 0.3) is 28.1 Å². The summed E-state index contributed by atoms with van der Waals surface area (Å²) in [5.74, 6) is 0.649. The van der Waals surface area contributed by atoms with Gasteiger partial charge in [-0.15, -0.1) is 0 Å². The molecule has 14 heteroatoms. The number of fused-ring (bicyclic) bond motifs is 3. The number of anilines is 2. The molecule has 226 valence electrons. The standard InChI is InChI=1S/C29H35FN10O3/c1-36(2)8-7-32-26(41)18-43-20-5-6-23(21(30)16-20)38-12-9-37(10-13-38)11-14-39-19-33-27-24-17-22(25-4-3-15-42-25)35-40(24)29(31)34-28(27)39/h3-6,15-17,19H,7-14,18H2,1-2H3,(H2,31,34)(H,32,41). The number of furan rings is 1. The number of benzene rings is 1. The molecular formula is C29H35FN10O3. The van der Waals surface area contributed by atoms with Gasteiger partial charge in [0.25, 0.3) is 5.91 Å². The van der Waals surface area contributed by atoms with Crippen LogP contribution in [-0.4, -0.2) is 106 Å². The topological polar surface area (TPSA) is 135 Å². The number of nitrogen functional groups attached to an aromatic ring is 1. The molecule has 0 bridgehead atoms. The lowest BCUT2D eigenvalue weighted by Gasteiger charge is -2.36. The fourth-order valence-corrected chi connectivity index (χ4v) is 5.18. The number of hydrogen-bond acceptors (Lipinski definition) is 10. The van der Waals surface area contributed by atoms with Crippen LogP contribution in [0, 0.1) is 5.82 Å². The third kappa shape index (κ3) is 6.24. The molecule has 0 radical (unpaired) electrons. The van der Waals surface area contributed by atoms with Gasteiger partial charge >= 0.3 is 0 Å². The molecule has 13 nitrogen and oxygen atoms in total. The number of likely N-dealkylation sites (N-methyl/N-ethyl adjacent to an activating group) is 1. The third-order valence-corrected chi connectivity index (χ3v) is 7.51. The summed E-state index contributed by atoms with van der Waals surface area (Å²) in [7, 11) is 3.87. The first-order valence-electron chi connectivity index (χ1n) is 14.2. The molecule has 4 aromatic heterocycles. The van der Waals surface area contributed by atoms with Crippen molar-refractivity contribution in [2.24, 2.45) is 0 Å². The van der Waals surface area contributed by atoms with Gasteiger partial charge in [-0.3, -0.25) is 9.69 Å². The number of imidazole rings is 1. The fourth-order valence-electron chi connectivity index (χ4n) is 5.18. The van der Waals surface area contributed by atoms with Gasteiger partial charge in [0, 0.05) is 58.4 Å². The van der Waals surface area contributed by atoms with Crippen LogP contribution in [0.4, 0.5) is 16.0 Å². The molecular weight excluding hydrogens is 555 g/mol. The van der Waals surface area contributed by atoms with Gasteiger partial charge in [0.1, 0.15) is 28.3 Å². The van der Waals surface area contributed by atoms with Crippen molar-refractivity contribution in [3.63, 3.8) is 0 Å². The zero-order valence-corrected chi connectivity index (χ0v) is 24.2. The molecule has 43 heavy (non-hydrogen) atoms. The molecule has 1 aliphatic heterocycles. The largest absolute Gasteiger partial charge is 0.484 e. The van der Waals surface area contributed by atoms with Gasteiger partial charge in [-0.2, -0.15) is 14.6 Å². The molecule has 1 amide bonds. The van der Waals surface area contributed by atoms with E-state index in [0.717, 1.165) is 37.2 Å². The van der Waals surface area contributed by atoms with E-state index < -0.39 is 0 Å². The SMILES string of the molecule is CN(C)CCNC(=O)COc1ccc(N2CCN(CCn3cnc4c3nc(N)n3nc(-c5ccco5)cc43)CC2)c(F)c1.